The van der Waals surface area contributed by atoms with E-state index < -0.39 is 0 Å². The first-order valence-electron chi connectivity index (χ1n) is 12.0. The van der Waals surface area contributed by atoms with E-state index in [-0.39, 0.29) is 11.9 Å². The number of benzene rings is 2. The first kappa shape index (κ1) is 24.4. The van der Waals surface area contributed by atoms with Gasteiger partial charge in [-0.05, 0) is 74.8 Å². The van der Waals surface area contributed by atoms with E-state index in [1.807, 2.05) is 31.2 Å². The van der Waals surface area contributed by atoms with Crippen molar-refractivity contribution >= 4 is 17.6 Å². The highest BCUT2D eigenvalue weighted by Gasteiger charge is 2.15. The normalized spacial score (nSPS) is 13.5. The standard InChI is InChI=1S/C26H32N6O3/c1-19-6-5-7-22(18-19)28-26(34)31(2)16-12-23-29-25(35-30-23)21-10-8-20(9-11-21)24(33)27-13-17-32-14-3-4-15-32/h5-11,18H,3-4,12-17H2,1-2H3,(H,27,33)(H,28,34). The van der Waals surface area contributed by atoms with Crippen molar-refractivity contribution in [3.8, 4) is 11.5 Å². The van der Waals surface area contributed by atoms with Gasteiger partial charge in [0.25, 0.3) is 11.8 Å². The molecule has 1 fully saturated rings. The van der Waals surface area contributed by atoms with Gasteiger partial charge in [0.15, 0.2) is 5.82 Å². The van der Waals surface area contributed by atoms with Gasteiger partial charge in [0, 0.05) is 49.9 Å². The van der Waals surface area contributed by atoms with Gasteiger partial charge in [0.2, 0.25) is 0 Å². The molecule has 1 aliphatic rings. The summed E-state index contributed by atoms with van der Waals surface area (Å²) < 4.78 is 5.39. The number of carbonyl (C=O) groups is 2. The van der Waals surface area contributed by atoms with Gasteiger partial charge in [-0.1, -0.05) is 17.3 Å². The molecule has 184 valence electrons. The minimum atomic E-state index is -0.200. The lowest BCUT2D eigenvalue weighted by atomic mass is 10.1. The number of nitrogens with one attached hydrogen (secondary N) is 2. The van der Waals surface area contributed by atoms with Crippen molar-refractivity contribution in [2.75, 3.05) is 45.1 Å². The van der Waals surface area contributed by atoms with Crippen LogP contribution in [0.5, 0.6) is 0 Å². The van der Waals surface area contributed by atoms with Crippen LogP contribution in [0.4, 0.5) is 10.5 Å². The number of aryl methyl sites for hydroxylation is 1. The SMILES string of the molecule is Cc1cccc(NC(=O)N(C)CCc2noc(-c3ccc(C(=O)NCCN4CCCC4)cc3)n2)c1. The van der Waals surface area contributed by atoms with E-state index in [0.717, 1.165) is 36.4 Å². The van der Waals surface area contributed by atoms with Crippen LogP contribution in [-0.4, -0.2) is 71.7 Å². The number of aromatic nitrogens is 2. The highest BCUT2D eigenvalue weighted by molar-refractivity contribution is 5.94. The van der Waals surface area contributed by atoms with Crippen molar-refractivity contribution in [3.63, 3.8) is 0 Å². The third kappa shape index (κ3) is 6.89. The smallest absolute Gasteiger partial charge is 0.321 e. The Morgan fingerprint density at radius 1 is 1.11 bits per heavy atom. The minimum absolute atomic E-state index is 0.0889. The summed E-state index contributed by atoms with van der Waals surface area (Å²) in [4.78, 5) is 33.2. The summed E-state index contributed by atoms with van der Waals surface area (Å²) in [5, 5.41) is 9.88. The lowest BCUT2D eigenvalue weighted by Gasteiger charge is -2.17. The van der Waals surface area contributed by atoms with Crippen LogP contribution < -0.4 is 10.6 Å². The number of carbonyl (C=O) groups excluding carboxylic acids is 2. The minimum Gasteiger partial charge on any atom is -0.351 e. The number of urea groups is 1. The molecule has 0 spiro atoms. The van der Waals surface area contributed by atoms with Crippen LogP contribution in [-0.2, 0) is 6.42 Å². The van der Waals surface area contributed by atoms with Crippen LogP contribution in [0.3, 0.4) is 0 Å². The molecule has 0 aliphatic carbocycles. The second kappa shape index (κ2) is 11.6. The van der Waals surface area contributed by atoms with Gasteiger partial charge in [-0.3, -0.25) is 4.79 Å². The molecule has 0 saturated carbocycles. The molecule has 3 amide bonds. The summed E-state index contributed by atoms with van der Waals surface area (Å²) in [5.74, 6) is 0.806. The van der Waals surface area contributed by atoms with Crippen molar-refractivity contribution in [1.82, 2.24) is 25.3 Å². The number of nitrogens with zero attached hydrogens (tertiary/aromatic N) is 4. The molecule has 0 bridgehead atoms. The molecule has 1 aliphatic heterocycles. The average molecular weight is 477 g/mol. The molecular formula is C26H32N6O3. The highest BCUT2D eigenvalue weighted by atomic mass is 16.5. The van der Waals surface area contributed by atoms with Gasteiger partial charge >= 0.3 is 6.03 Å². The largest absolute Gasteiger partial charge is 0.351 e. The number of hydrogen-bond acceptors (Lipinski definition) is 6. The molecule has 2 heterocycles. The van der Waals surface area contributed by atoms with Crippen LogP contribution in [0, 0.1) is 6.92 Å². The van der Waals surface area contributed by atoms with Gasteiger partial charge in [-0.15, -0.1) is 0 Å². The average Bonchev–Trinajstić information content (AvgIpc) is 3.55. The van der Waals surface area contributed by atoms with Gasteiger partial charge in [0.05, 0.1) is 0 Å². The van der Waals surface area contributed by atoms with Crippen LogP contribution in [0.25, 0.3) is 11.5 Å². The van der Waals surface area contributed by atoms with Crippen LogP contribution in [0.2, 0.25) is 0 Å². The summed E-state index contributed by atoms with van der Waals surface area (Å²) in [6.45, 7) is 6.18. The van der Waals surface area contributed by atoms with Gasteiger partial charge < -0.3 is 25.0 Å². The lowest BCUT2D eigenvalue weighted by molar-refractivity contribution is 0.0949. The fourth-order valence-electron chi connectivity index (χ4n) is 3.98. The summed E-state index contributed by atoms with van der Waals surface area (Å²) in [6, 6.07) is 14.6. The third-order valence-electron chi connectivity index (χ3n) is 6.06. The highest BCUT2D eigenvalue weighted by Crippen LogP contribution is 2.18. The number of likely N-dealkylation sites (N-methyl/N-ethyl adjacent to an activating group) is 1. The molecule has 0 unspecified atom stereocenters. The molecule has 1 saturated heterocycles. The Balaban J connectivity index is 1.24. The first-order valence-corrected chi connectivity index (χ1v) is 12.0. The number of amides is 3. The second-order valence-corrected chi connectivity index (χ2v) is 8.87. The van der Waals surface area contributed by atoms with Crippen molar-refractivity contribution in [2.24, 2.45) is 0 Å². The Hall–Kier alpha value is -3.72. The fraction of sp³-hybridized carbons (Fsp3) is 0.385. The number of rotatable bonds is 9. The number of likely N-dealkylation sites (tertiary alicyclic amines) is 1. The van der Waals surface area contributed by atoms with Gasteiger partial charge in [0.1, 0.15) is 0 Å². The summed E-state index contributed by atoms with van der Waals surface area (Å²) in [7, 11) is 1.72. The molecule has 9 heteroatoms. The van der Waals surface area contributed by atoms with E-state index in [4.69, 9.17) is 4.52 Å². The van der Waals surface area contributed by atoms with Crippen molar-refractivity contribution < 1.29 is 14.1 Å². The molecule has 3 aromatic rings. The quantitative estimate of drug-likeness (QED) is 0.489. The zero-order chi connectivity index (χ0) is 24.6. The van der Waals surface area contributed by atoms with Crippen molar-refractivity contribution in [3.05, 3.63) is 65.5 Å². The topological polar surface area (TPSA) is 104 Å². The maximum Gasteiger partial charge on any atom is 0.321 e. The summed E-state index contributed by atoms with van der Waals surface area (Å²) >= 11 is 0. The van der Waals surface area contributed by atoms with Gasteiger partial charge in [-0.2, -0.15) is 4.98 Å². The summed E-state index contributed by atoms with van der Waals surface area (Å²) in [5.41, 5.74) is 3.17. The molecule has 0 radical (unpaired) electrons. The third-order valence-corrected chi connectivity index (χ3v) is 6.06. The molecule has 4 rings (SSSR count). The zero-order valence-electron chi connectivity index (χ0n) is 20.3. The molecule has 0 atom stereocenters. The van der Waals surface area contributed by atoms with E-state index in [0.29, 0.717) is 36.8 Å². The predicted molar refractivity (Wildman–Crippen MR) is 134 cm³/mol. The Morgan fingerprint density at radius 3 is 2.63 bits per heavy atom. The van der Waals surface area contributed by atoms with Gasteiger partial charge in [-0.25, -0.2) is 4.79 Å². The maximum atomic E-state index is 12.4. The second-order valence-electron chi connectivity index (χ2n) is 8.87. The zero-order valence-corrected chi connectivity index (χ0v) is 20.3. The molecule has 35 heavy (non-hydrogen) atoms. The Kier molecular flexibility index (Phi) is 8.10. The Bertz CT molecular complexity index is 1140. The molecule has 2 N–H and O–H groups in total. The van der Waals surface area contributed by atoms with Crippen LogP contribution >= 0.6 is 0 Å². The molecule has 9 nitrogen and oxygen atoms in total. The van der Waals surface area contributed by atoms with Crippen LogP contribution in [0.1, 0.15) is 34.6 Å². The predicted octanol–water partition coefficient (Wildman–Crippen LogP) is 3.58. The number of hydrogen-bond donors (Lipinski definition) is 2. The first-order chi connectivity index (χ1) is 17.0. The van der Waals surface area contributed by atoms with Crippen molar-refractivity contribution in [2.45, 2.75) is 26.2 Å². The Morgan fingerprint density at radius 2 is 1.89 bits per heavy atom. The number of anilines is 1. The molecular weight excluding hydrogens is 444 g/mol. The molecule has 2 aromatic carbocycles. The van der Waals surface area contributed by atoms with E-state index in [1.54, 1.807) is 36.2 Å². The van der Waals surface area contributed by atoms with Crippen LogP contribution in [0.15, 0.2) is 53.1 Å². The maximum absolute atomic E-state index is 12.4. The Labute approximate surface area is 205 Å². The van der Waals surface area contributed by atoms with E-state index in [2.05, 4.69) is 25.7 Å². The monoisotopic (exact) mass is 476 g/mol. The summed E-state index contributed by atoms with van der Waals surface area (Å²) in [6.07, 6.45) is 2.94. The van der Waals surface area contributed by atoms with E-state index in [1.165, 1.54) is 12.8 Å². The lowest BCUT2D eigenvalue weighted by Crippen LogP contribution is -2.33. The fourth-order valence-corrected chi connectivity index (χ4v) is 3.98. The van der Waals surface area contributed by atoms with E-state index in [9.17, 15) is 9.59 Å². The van der Waals surface area contributed by atoms with E-state index >= 15 is 0 Å². The molecule has 1 aromatic heterocycles. The van der Waals surface area contributed by atoms with Crippen molar-refractivity contribution in [1.29, 1.82) is 0 Å².